The summed E-state index contributed by atoms with van der Waals surface area (Å²) in [4.78, 5) is 33.7. The molecule has 0 saturated heterocycles. The zero-order valence-corrected chi connectivity index (χ0v) is 11.7. The van der Waals surface area contributed by atoms with Gasteiger partial charge >= 0.3 is 11.8 Å². The number of nitro benzene ring substituents is 1. The fraction of sp³-hybridized carbons (Fsp3) is 0.0667. The molecule has 0 aromatic heterocycles. The molecule has 0 unspecified atom stereocenters. The largest absolute Gasteiger partial charge is 0.318 e. The summed E-state index contributed by atoms with van der Waals surface area (Å²) in [6.45, 7) is 1.80. The number of carbonyl (C=O) groups excluding carboxylic acids is 2. The van der Waals surface area contributed by atoms with E-state index in [2.05, 4.69) is 10.6 Å². The highest BCUT2D eigenvalue weighted by Crippen LogP contribution is 2.17. The highest BCUT2D eigenvalue weighted by Gasteiger charge is 2.16. The number of aryl methyl sites for hydroxylation is 1. The van der Waals surface area contributed by atoms with Gasteiger partial charge in [-0.3, -0.25) is 19.7 Å². The molecule has 2 aromatic carbocycles. The van der Waals surface area contributed by atoms with E-state index in [1.165, 1.54) is 24.3 Å². The Balaban J connectivity index is 2.06. The summed E-state index contributed by atoms with van der Waals surface area (Å²) in [6, 6.07) is 12.4. The highest BCUT2D eigenvalue weighted by atomic mass is 16.6. The molecule has 0 radical (unpaired) electrons. The lowest BCUT2D eigenvalue weighted by Gasteiger charge is -2.08. The van der Waals surface area contributed by atoms with Crippen LogP contribution in [0, 0.1) is 17.0 Å². The van der Waals surface area contributed by atoms with Crippen LogP contribution in [0.25, 0.3) is 0 Å². The number of rotatable bonds is 3. The van der Waals surface area contributed by atoms with Crippen LogP contribution >= 0.6 is 0 Å². The van der Waals surface area contributed by atoms with Crippen LogP contribution < -0.4 is 10.6 Å². The van der Waals surface area contributed by atoms with Gasteiger partial charge in [0.1, 0.15) is 0 Å². The highest BCUT2D eigenvalue weighted by molar-refractivity contribution is 6.43. The number of benzene rings is 2. The molecule has 2 aromatic rings. The first-order valence-electron chi connectivity index (χ1n) is 6.40. The molecule has 2 rings (SSSR count). The van der Waals surface area contributed by atoms with Crippen molar-refractivity contribution in [3.05, 3.63) is 64.2 Å². The number of carbonyl (C=O) groups is 2. The molecule has 0 aliphatic rings. The molecule has 22 heavy (non-hydrogen) atoms. The van der Waals surface area contributed by atoms with Crippen molar-refractivity contribution in [1.82, 2.24) is 0 Å². The van der Waals surface area contributed by atoms with Crippen LogP contribution in [-0.2, 0) is 9.59 Å². The van der Waals surface area contributed by atoms with Crippen LogP contribution in [0.2, 0.25) is 0 Å². The Morgan fingerprint density at radius 3 is 2.36 bits per heavy atom. The number of non-ortho nitro benzene ring substituents is 1. The topological polar surface area (TPSA) is 101 Å². The zero-order chi connectivity index (χ0) is 16.1. The van der Waals surface area contributed by atoms with Gasteiger partial charge in [-0.1, -0.05) is 24.3 Å². The van der Waals surface area contributed by atoms with Crippen LogP contribution in [0.3, 0.4) is 0 Å². The molecular formula is C15H13N3O4. The van der Waals surface area contributed by atoms with Crippen molar-refractivity contribution in [2.75, 3.05) is 10.6 Å². The van der Waals surface area contributed by atoms with Crippen LogP contribution in [0.15, 0.2) is 48.5 Å². The smallest absolute Gasteiger partial charge is 0.314 e. The van der Waals surface area contributed by atoms with Gasteiger partial charge in [0.15, 0.2) is 0 Å². The minimum Gasteiger partial charge on any atom is -0.318 e. The fourth-order valence-electron chi connectivity index (χ4n) is 1.78. The zero-order valence-electron chi connectivity index (χ0n) is 11.7. The van der Waals surface area contributed by atoms with E-state index in [1.54, 1.807) is 25.1 Å². The van der Waals surface area contributed by atoms with Gasteiger partial charge in [-0.15, -0.1) is 0 Å². The molecule has 7 heteroatoms. The Kier molecular flexibility index (Phi) is 4.47. The number of nitrogens with one attached hydrogen (secondary N) is 2. The Morgan fingerprint density at radius 1 is 1.00 bits per heavy atom. The standard InChI is InChI=1S/C15H13N3O4/c1-10-5-2-3-8-13(10)17-15(20)14(19)16-11-6-4-7-12(9-11)18(21)22/h2-9H,1H3,(H,16,19)(H,17,20). The van der Waals surface area contributed by atoms with E-state index in [0.717, 1.165) is 5.56 Å². The van der Waals surface area contributed by atoms with Gasteiger partial charge in [0, 0.05) is 23.5 Å². The molecule has 0 bridgehead atoms. The SMILES string of the molecule is Cc1ccccc1NC(=O)C(=O)Nc1cccc([N+](=O)[O-])c1. The molecule has 0 saturated carbocycles. The van der Waals surface area contributed by atoms with Gasteiger partial charge in [-0.25, -0.2) is 0 Å². The molecule has 7 nitrogen and oxygen atoms in total. The molecule has 0 fully saturated rings. The van der Waals surface area contributed by atoms with Crippen molar-refractivity contribution >= 4 is 28.9 Å². The maximum atomic E-state index is 11.8. The number of nitro groups is 1. The lowest BCUT2D eigenvalue weighted by atomic mass is 10.2. The number of para-hydroxylation sites is 1. The third-order valence-electron chi connectivity index (χ3n) is 2.91. The van der Waals surface area contributed by atoms with Gasteiger partial charge in [0.25, 0.3) is 5.69 Å². The molecule has 112 valence electrons. The predicted molar refractivity (Wildman–Crippen MR) is 81.5 cm³/mol. The summed E-state index contributed by atoms with van der Waals surface area (Å²) in [6.07, 6.45) is 0. The van der Waals surface area contributed by atoms with Crippen molar-refractivity contribution in [3.8, 4) is 0 Å². The third kappa shape index (κ3) is 3.66. The molecule has 0 atom stereocenters. The fourth-order valence-corrected chi connectivity index (χ4v) is 1.78. The van der Waals surface area contributed by atoms with E-state index in [1.807, 2.05) is 6.07 Å². The quantitative estimate of drug-likeness (QED) is 0.516. The summed E-state index contributed by atoms with van der Waals surface area (Å²) in [5.74, 6) is -1.75. The van der Waals surface area contributed by atoms with Crippen LogP contribution in [0.5, 0.6) is 0 Å². The number of anilines is 2. The summed E-state index contributed by atoms with van der Waals surface area (Å²) in [7, 11) is 0. The first kappa shape index (κ1) is 15.2. The van der Waals surface area contributed by atoms with Crippen LogP contribution in [-0.4, -0.2) is 16.7 Å². The molecule has 2 N–H and O–H groups in total. The monoisotopic (exact) mass is 299 g/mol. The third-order valence-corrected chi connectivity index (χ3v) is 2.91. The lowest BCUT2D eigenvalue weighted by molar-refractivity contribution is -0.384. The molecule has 0 aliphatic heterocycles. The molecular weight excluding hydrogens is 286 g/mol. The summed E-state index contributed by atoms with van der Waals surface area (Å²) in [5.41, 5.74) is 1.36. The van der Waals surface area contributed by atoms with Crippen LogP contribution in [0.1, 0.15) is 5.56 Å². The molecule has 0 heterocycles. The van der Waals surface area contributed by atoms with Crippen molar-refractivity contribution in [3.63, 3.8) is 0 Å². The van der Waals surface area contributed by atoms with Crippen molar-refractivity contribution in [2.24, 2.45) is 0 Å². The van der Waals surface area contributed by atoms with Crippen LogP contribution in [0.4, 0.5) is 17.1 Å². The second-order valence-corrected chi connectivity index (χ2v) is 4.53. The first-order valence-corrected chi connectivity index (χ1v) is 6.40. The number of hydrogen-bond acceptors (Lipinski definition) is 4. The lowest BCUT2D eigenvalue weighted by Crippen LogP contribution is -2.29. The second-order valence-electron chi connectivity index (χ2n) is 4.53. The van der Waals surface area contributed by atoms with Crippen molar-refractivity contribution in [1.29, 1.82) is 0 Å². The average Bonchev–Trinajstić information content (AvgIpc) is 2.49. The Labute approximate surface area is 126 Å². The minimum atomic E-state index is -0.899. The Hall–Kier alpha value is -3.22. The van der Waals surface area contributed by atoms with E-state index in [9.17, 15) is 19.7 Å². The predicted octanol–water partition coefficient (Wildman–Crippen LogP) is 2.48. The number of amides is 2. The number of nitrogens with zero attached hydrogens (tertiary/aromatic N) is 1. The summed E-state index contributed by atoms with van der Waals surface area (Å²) in [5, 5.41) is 15.5. The normalized spacial score (nSPS) is 9.86. The maximum Gasteiger partial charge on any atom is 0.314 e. The van der Waals surface area contributed by atoms with Gasteiger partial charge in [0.05, 0.1) is 4.92 Å². The van der Waals surface area contributed by atoms with E-state index >= 15 is 0 Å². The maximum absolute atomic E-state index is 11.8. The van der Waals surface area contributed by atoms with E-state index in [4.69, 9.17) is 0 Å². The molecule has 2 amide bonds. The van der Waals surface area contributed by atoms with Crippen molar-refractivity contribution in [2.45, 2.75) is 6.92 Å². The van der Waals surface area contributed by atoms with E-state index < -0.39 is 16.7 Å². The van der Waals surface area contributed by atoms with Gasteiger partial charge in [0.2, 0.25) is 0 Å². The van der Waals surface area contributed by atoms with Gasteiger partial charge in [-0.2, -0.15) is 0 Å². The van der Waals surface area contributed by atoms with Gasteiger partial charge in [-0.05, 0) is 24.6 Å². The molecule has 0 spiro atoms. The van der Waals surface area contributed by atoms with Gasteiger partial charge < -0.3 is 10.6 Å². The summed E-state index contributed by atoms with van der Waals surface area (Å²) < 4.78 is 0. The number of hydrogen-bond donors (Lipinski definition) is 2. The molecule has 0 aliphatic carbocycles. The Morgan fingerprint density at radius 2 is 1.68 bits per heavy atom. The van der Waals surface area contributed by atoms with Crippen molar-refractivity contribution < 1.29 is 14.5 Å². The summed E-state index contributed by atoms with van der Waals surface area (Å²) >= 11 is 0. The minimum absolute atomic E-state index is 0.169. The average molecular weight is 299 g/mol. The Bertz CT molecular complexity index is 743. The van der Waals surface area contributed by atoms with E-state index in [-0.39, 0.29) is 11.4 Å². The second kappa shape index (κ2) is 6.49. The first-order chi connectivity index (χ1) is 10.5. The van der Waals surface area contributed by atoms with E-state index in [0.29, 0.717) is 5.69 Å².